The third-order valence-electron chi connectivity index (χ3n) is 2.98. The largest absolute Gasteiger partial charge is 0.385 e. The van der Waals surface area contributed by atoms with Crippen molar-refractivity contribution in [2.45, 2.75) is 11.3 Å². The molecule has 0 amide bonds. The van der Waals surface area contributed by atoms with E-state index in [9.17, 15) is 8.42 Å². The van der Waals surface area contributed by atoms with Crippen LogP contribution >= 0.6 is 11.6 Å². The van der Waals surface area contributed by atoms with Gasteiger partial charge in [0.25, 0.3) is 10.0 Å². The third kappa shape index (κ3) is 5.38. The molecule has 0 bridgehead atoms. The lowest BCUT2D eigenvalue weighted by Crippen LogP contribution is -2.14. The number of anilines is 2. The second kappa shape index (κ2) is 8.14. The number of nitrogens with one attached hydrogen (secondary N) is 2. The highest BCUT2D eigenvalue weighted by Crippen LogP contribution is 2.18. The SMILES string of the molecule is COCCCNc1ccc(NS(=O)(=O)c2ccc(Cl)cc2)nc1. The molecule has 0 atom stereocenters. The average Bonchev–Trinajstić information content (AvgIpc) is 2.53. The van der Waals surface area contributed by atoms with E-state index >= 15 is 0 Å². The number of halogens is 1. The van der Waals surface area contributed by atoms with E-state index in [0.717, 1.165) is 18.7 Å². The first kappa shape index (κ1) is 17.5. The second-order valence-corrected chi connectivity index (χ2v) is 6.88. The summed E-state index contributed by atoms with van der Waals surface area (Å²) < 4.78 is 31.8. The third-order valence-corrected chi connectivity index (χ3v) is 4.60. The molecule has 1 aromatic carbocycles. The van der Waals surface area contributed by atoms with E-state index in [2.05, 4.69) is 15.0 Å². The Bertz CT molecular complexity index is 719. The molecule has 0 radical (unpaired) electrons. The van der Waals surface area contributed by atoms with E-state index in [1.54, 1.807) is 25.4 Å². The van der Waals surface area contributed by atoms with Crippen LogP contribution in [0.15, 0.2) is 47.5 Å². The average molecular weight is 356 g/mol. The molecule has 0 unspecified atom stereocenters. The number of sulfonamides is 1. The fraction of sp³-hybridized carbons (Fsp3) is 0.267. The highest BCUT2D eigenvalue weighted by atomic mass is 35.5. The Morgan fingerprint density at radius 2 is 1.91 bits per heavy atom. The number of nitrogens with zero attached hydrogens (tertiary/aromatic N) is 1. The second-order valence-electron chi connectivity index (χ2n) is 4.76. The molecular weight excluding hydrogens is 338 g/mol. The first-order chi connectivity index (χ1) is 11.0. The Morgan fingerprint density at radius 3 is 2.52 bits per heavy atom. The van der Waals surface area contributed by atoms with Crippen molar-refractivity contribution in [2.24, 2.45) is 0 Å². The lowest BCUT2D eigenvalue weighted by Gasteiger charge is -2.09. The van der Waals surface area contributed by atoms with Gasteiger partial charge in [0.15, 0.2) is 0 Å². The lowest BCUT2D eigenvalue weighted by molar-refractivity contribution is 0.198. The van der Waals surface area contributed by atoms with Gasteiger partial charge in [0.1, 0.15) is 5.82 Å². The molecular formula is C15H18ClN3O3S. The summed E-state index contributed by atoms with van der Waals surface area (Å²) in [6, 6.07) is 9.30. The van der Waals surface area contributed by atoms with Gasteiger partial charge in [-0.1, -0.05) is 11.6 Å². The Balaban J connectivity index is 1.98. The van der Waals surface area contributed by atoms with Crippen LogP contribution in [0.2, 0.25) is 5.02 Å². The summed E-state index contributed by atoms with van der Waals surface area (Å²) in [7, 11) is -2.02. The van der Waals surface area contributed by atoms with E-state index in [-0.39, 0.29) is 10.7 Å². The molecule has 1 heterocycles. The van der Waals surface area contributed by atoms with Crippen LogP contribution in [0.3, 0.4) is 0 Å². The van der Waals surface area contributed by atoms with Gasteiger partial charge in [0, 0.05) is 25.3 Å². The fourth-order valence-corrected chi connectivity index (χ4v) is 2.95. The number of ether oxygens (including phenoxy) is 1. The zero-order chi connectivity index (χ0) is 16.7. The van der Waals surface area contributed by atoms with Crippen LogP contribution in [0.5, 0.6) is 0 Å². The maximum atomic E-state index is 12.2. The highest BCUT2D eigenvalue weighted by Gasteiger charge is 2.14. The molecule has 6 nitrogen and oxygen atoms in total. The summed E-state index contributed by atoms with van der Waals surface area (Å²) in [6.45, 7) is 1.44. The van der Waals surface area contributed by atoms with Crippen LogP contribution in [-0.4, -0.2) is 33.7 Å². The minimum absolute atomic E-state index is 0.130. The predicted molar refractivity (Wildman–Crippen MR) is 91.5 cm³/mol. The fourth-order valence-electron chi connectivity index (χ4n) is 1.82. The van der Waals surface area contributed by atoms with Crippen molar-refractivity contribution in [3.63, 3.8) is 0 Å². The number of pyridine rings is 1. The van der Waals surface area contributed by atoms with Gasteiger partial charge in [-0.3, -0.25) is 4.72 Å². The summed E-state index contributed by atoms with van der Waals surface area (Å²) >= 11 is 5.76. The van der Waals surface area contributed by atoms with Crippen LogP contribution in [0, 0.1) is 0 Å². The van der Waals surface area contributed by atoms with E-state index in [0.29, 0.717) is 11.6 Å². The molecule has 124 valence electrons. The highest BCUT2D eigenvalue weighted by molar-refractivity contribution is 7.92. The molecule has 23 heavy (non-hydrogen) atoms. The number of benzene rings is 1. The van der Waals surface area contributed by atoms with Gasteiger partial charge in [-0.05, 0) is 42.8 Å². The summed E-state index contributed by atoms with van der Waals surface area (Å²) in [5.41, 5.74) is 0.815. The maximum absolute atomic E-state index is 12.2. The van der Waals surface area contributed by atoms with E-state index < -0.39 is 10.0 Å². The lowest BCUT2D eigenvalue weighted by atomic mass is 10.4. The molecule has 2 N–H and O–H groups in total. The Hall–Kier alpha value is -1.83. The Labute approximate surface area is 140 Å². The maximum Gasteiger partial charge on any atom is 0.263 e. The number of hydrogen-bond acceptors (Lipinski definition) is 5. The Morgan fingerprint density at radius 1 is 1.17 bits per heavy atom. The number of methoxy groups -OCH3 is 1. The molecule has 8 heteroatoms. The Kier molecular flexibility index (Phi) is 6.20. The molecule has 0 spiro atoms. The van der Waals surface area contributed by atoms with Crippen molar-refractivity contribution in [3.8, 4) is 0 Å². The van der Waals surface area contributed by atoms with Gasteiger partial charge < -0.3 is 10.1 Å². The summed E-state index contributed by atoms with van der Waals surface area (Å²) in [4.78, 5) is 4.23. The van der Waals surface area contributed by atoms with Crippen molar-refractivity contribution in [3.05, 3.63) is 47.6 Å². The van der Waals surface area contributed by atoms with Crippen molar-refractivity contribution >= 4 is 33.1 Å². The smallest absolute Gasteiger partial charge is 0.263 e. The van der Waals surface area contributed by atoms with Crippen molar-refractivity contribution in [2.75, 3.05) is 30.3 Å². The minimum atomic E-state index is -3.68. The summed E-state index contributed by atoms with van der Waals surface area (Å²) in [5.74, 6) is 0.252. The predicted octanol–water partition coefficient (Wildman–Crippen LogP) is 2.98. The normalized spacial score (nSPS) is 11.2. The molecule has 0 aliphatic carbocycles. The molecule has 0 saturated heterocycles. The van der Waals surface area contributed by atoms with Crippen LogP contribution < -0.4 is 10.0 Å². The van der Waals surface area contributed by atoms with Crippen molar-refractivity contribution in [1.82, 2.24) is 4.98 Å². The van der Waals surface area contributed by atoms with E-state index in [4.69, 9.17) is 16.3 Å². The molecule has 0 saturated carbocycles. The summed E-state index contributed by atoms with van der Waals surface area (Å²) in [5, 5.41) is 3.65. The van der Waals surface area contributed by atoms with Crippen LogP contribution in [0.1, 0.15) is 6.42 Å². The number of rotatable bonds is 8. The van der Waals surface area contributed by atoms with Crippen molar-refractivity contribution < 1.29 is 13.2 Å². The van der Waals surface area contributed by atoms with Crippen LogP contribution in [0.25, 0.3) is 0 Å². The monoisotopic (exact) mass is 355 g/mol. The van der Waals surface area contributed by atoms with Gasteiger partial charge in [-0.25, -0.2) is 13.4 Å². The van der Waals surface area contributed by atoms with Crippen LogP contribution in [-0.2, 0) is 14.8 Å². The van der Waals surface area contributed by atoms with Gasteiger partial charge in [0.05, 0.1) is 16.8 Å². The zero-order valence-electron chi connectivity index (χ0n) is 12.6. The zero-order valence-corrected chi connectivity index (χ0v) is 14.2. The topological polar surface area (TPSA) is 80.3 Å². The molecule has 2 rings (SSSR count). The number of aromatic nitrogens is 1. The minimum Gasteiger partial charge on any atom is -0.385 e. The van der Waals surface area contributed by atoms with Gasteiger partial charge in [0.2, 0.25) is 0 Å². The quantitative estimate of drug-likeness (QED) is 0.711. The van der Waals surface area contributed by atoms with Gasteiger partial charge in [-0.2, -0.15) is 0 Å². The molecule has 0 aliphatic heterocycles. The van der Waals surface area contributed by atoms with Gasteiger partial charge >= 0.3 is 0 Å². The first-order valence-corrected chi connectivity index (χ1v) is 8.84. The molecule has 0 aliphatic rings. The standard InChI is InChI=1S/C15H18ClN3O3S/c1-22-10-2-9-17-13-5-8-15(18-11-13)19-23(20,21)14-6-3-12(16)4-7-14/h3-8,11,17H,2,9-10H2,1H3,(H,18,19). The van der Waals surface area contributed by atoms with Crippen LogP contribution in [0.4, 0.5) is 11.5 Å². The van der Waals surface area contributed by atoms with E-state index in [1.807, 2.05) is 0 Å². The molecule has 2 aromatic rings. The van der Waals surface area contributed by atoms with Crippen molar-refractivity contribution in [1.29, 1.82) is 0 Å². The molecule has 1 aromatic heterocycles. The van der Waals surface area contributed by atoms with E-state index in [1.165, 1.54) is 24.3 Å². The van der Waals surface area contributed by atoms with Gasteiger partial charge in [-0.15, -0.1) is 0 Å². The summed E-state index contributed by atoms with van der Waals surface area (Å²) in [6.07, 6.45) is 2.45. The number of hydrogen-bond donors (Lipinski definition) is 2. The molecule has 0 fully saturated rings. The first-order valence-electron chi connectivity index (χ1n) is 6.98.